The normalized spacial score (nSPS) is 11.9. The number of hydrogen-bond donors (Lipinski definition) is 0. The van der Waals surface area contributed by atoms with Crippen LogP contribution in [0.5, 0.6) is 0 Å². The fourth-order valence-corrected chi connectivity index (χ4v) is 1.61. The fourth-order valence-electron chi connectivity index (χ4n) is 0.417. The number of carbonyl (C=O) groups excluding carboxylic acids is 1. The number of allylic oxidation sites excluding steroid dienone is 1. The van der Waals surface area contributed by atoms with Gasteiger partial charge in [-0.2, -0.15) is 0 Å². The average Bonchev–Trinajstić information content (AvgIpc) is 1.85. The molecule has 0 aliphatic rings. The molecule has 0 unspecified atom stereocenters. The molecule has 4 heteroatoms. The molecule has 0 fully saturated rings. The summed E-state index contributed by atoms with van der Waals surface area (Å²) >= 11 is -0.368. The molecule has 2 radical (unpaired) electrons. The van der Waals surface area contributed by atoms with Crippen LogP contribution in [0.3, 0.4) is 0 Å². The van der Waals surface area contributed by atoms with Gasteiger partial charge in [-0.25, -0.2) is 0 Å². The molecule has 0 aromatic carbocycles. The third kappa shape index (κ3) is 9.97. The molecule has 0 amide bonds. The Labute approximate surface area is 75.6 Å². The molecule has 0 aliphatic carbocycles. The van der Waals surface area contributed by atoms with E-state index < -0.39 is 8.32 Å². The first-order valence-corrected chi connectivity index (χ1v) is 9.66. The molecule has 0 bridgehead atoms. The minimum absolute atomic E-state index is 0.368. The Morgan fingerprint density at radius 1 is 1.45 bits per heavy atom. The van der Waals surface area contributed by atoms with Gasteiger partial charge in [0.05, 0.1) is 0 Å². The van der Waals surface area contributed by atoms with Crippen molar-refractivity contribution >= 4 is 28.9 Å². The second-order valence-electron chi connectivity index (χ2n) is 3.13. The van der Waals surface area contributed by atoms with E-state index in [-0.39, 0.29) is 15.4 Å². The van der Waals surface area contributed by atoms with Crippen molar-refractivity contribution in [1.29, 1.82) is 0 Å². The van der Waals surface area contributed by atoms with Crippen molar-refractivity contribution < 1.29 is 9.22 Å². The molecule has 0 saturated carbocycles. The molecule has 0 rings (SSSR count). The summed E-state index contributed by atoms with van der Waals surface area (Å²) in [4.78, 5) is 9.95. The Balaban J connectivity index is 3.37. The summed E-state index contributed by atoms with van der Waals surface area (Å²) in [6.07, 6.45) is 3.70. The molecule has 0 N–H and O–H groups in total. The predicted molar refractivity (Wildman–Crippen MR) is 50.9 cm³/mol. The van der Waals surface area contributed by atoms with Gasteiger partial charge < -0.3 is 0 Å². The molecule has 2 nitrogen and oxygen atoms in total. The van der Waals surface area contributed by atoms with Crippen molar-refractivity contribution in [1.82, 2.24) is 0 Å². The maximum atomic E-state index is 9.95. The van der Waals surface area contributed by atoms with Crippen LogP contribution in [0, 0.1) is 0 Å². The average molecular weight is 231 g/mol. The second-order valence-corrected chi connectivity index (χ2v) is 9.80. The standard InChI is InChI=1S/C7H14GeO2Si/c1-11(2,3)10-6-4-5-8-7-9/h4,6-7H,5H2,1-3H3/b6-4-. The quantitative estimate of drug-likeness (QED) is 0.311. The molecule has 0 aliphatic heterocycles. The summed E-state index contributed by atoms with van der Waals surface area (Å²) in [5.41, 5.74) is 0. The maximum absolute atomic E-state index is 9.95. The van der Waals surface area contributed by atoms with E-state index in [0.717, 1.165) is 10.4 Å². The first-order chi connectivity index (χ1) is 5.06. The van der Waals surface area contributed by atoms with Gasteiger partial charge in [0.25, 0.3) is 0 Å². The van der Waals surface area contributed by atoms with Crippen LogP contribution in [0.25, 0.3) is 0 Å². The van der Waals surface area contributed by atoms with Gasteiger partial charge in [-0.1, -0.05) is 0 Å². The molecule has 11 heavy (non-hydrogen) atoms. The second kappa shape index (κ2) is 5.60. The van der Waals surface area contributed by atoms with Crippen molar-refractivity contribution in [3.8, 4) is 0 Å². The number of carbonyl (C=O) groups is 1. The van der Waals surface area contributed by atoms with Gasteiger partial charge in [0.2, 0.25) is 0 Å². The third-order valence-corrected chi connectivity index (χ3v) is 3.02. The Hall–Kier alpha value is -0.0303. The van der Waals surface area contributed by atoms with E-state index in [1.807, 2.05) is 6.08 Å². The first-order valence-electron chi connectivity index (χ1n) is 3.56. The monoisotopic (exact) mass is 232 g/mol. The van der Waals surface area contributed by atoms with Crippen LogP contribution in [0.15, 0.2) is 12.3 Å². The van der Waals surface area contributed by atoms with Gasteiger partial charge in [-0.15, -0.1) is 0 Å². The molecule has 0 aromatic rings. The van der Waals surface area contributed by atoms with E-state index in [9.17, 15) is 4.79 Å². The number of rotatable bonds is 5. The zero-order chi connectivity index (χ0) is 8.74. The van der Waals surface area contributed by atoms with Gasteiger partial charge in [0.15, 0.2) is 0 Å². The summed E-state index contributed by atoms with van der Waals surface area (Å²) in [7, 11) is -1.38. The van der Waals surface area contributed by atoms with Crippen LogP contribution in [0.2, 0.25) is 24.9 Å². The van der Waals surface area contributed by atoms with Gasteiger partial charge >= 0.3 is 75.3 Å². The van der Waals surface area contributed by atoms with Gasteiger partial charge in [0.1, 0.15) is 0 Å². The summed E-state index contributed by atoms with van der Waals surface area (Å²) < 4.78 is 5.44. The first kappa shape index (κ1) is 11.0. The minimum atomic E-state index is -1.38. The summed E-state index contributed by atoms with van der Waals surface area (Å²) in [5.74, 6) is 0. The molecule has 0 spiro atoms. The number of hydrogen-bond acceptors (Lipinski definition) is 2. The van der Waals surface area contributed by atoms with Crippen LogP contribution in [-0.2, 0) is 9.22 Å². The van der Waals surface area contributed by atoms with Crippen LogP contribution in [-0.4, -0.2) is 28.9 Å². The molecular weight excluding hydrogens is 217 g/mol. The van der Waals surface area contributed by atoms with Crippen LogP contribution < -0.4 is 0 Å². The molecule has 0 atom stereocenters. The van der Waals surface area contributed by atoms with Crippen molar-refractivity contribution in [2.24, 2.45) is 0 Å². The zero-order valence-electron chi connectivity index (χ0n) is 7.26. The van der Waals surface area contributed by atoms with Gasteiger partial charge in [-0.05, 0) is 0 Å². The third-order valence-electron chi connectivity index (χ3n) is 0.837. The Morgan fingerprint density at radius 3 is 2.55 bits per heavy atom. The Kier molecular flexibility index (Phi) is 5.58. The predicted octanol–water partition coefficient (Wildman–Crippen LogP) is 1.66. The van der Waals surface area contributed by atoms with E-state index in [4.69, 9.17) is 4.43 Å². The molecule has 0 aromatic heterocycles. The van der Waals surface area contributed by atoms with Gasteiger partial charge in [0, 0.05) is 0 Å². The Morgan fingerprint density at radius 2 is 2.09 bits per heavy atom. The van der Waals surface area contributed by atoms with Crippen LogP contribution in [0.4, 0.5) is 0 Å². The molecule has 0 saturated heterocycles. The Bertz CT molecular complexity index is 140. The SMILES string of the molecule is C[Si](C)(C)O/C=C\[CH2][Ge][CH]=O. The van der Waals surface area contributed by atoms with Crippen molar-refractivity contribution in [3.63, 3.8) is 0 Å². The molecule has 0 heterocycles. The van der Waals surface area contributed by atoms with E-state index >= 15 is 0 Å². The molecular formula is C7H14GeO2Si. The summed E-state index contributed by atoms with van der Waals surface area (Å²) in [5, 5.41) is 1.95. The summed E-state index contributed by atoms with van der Waals surface area (Å²) in [6.45, 7) is 6.40. The van der Waals surface area contributed by atoms with Crippen molar-refractivity contribution in [2.75, 3.05) is 0 Å². The van der Waals surface area contributed by atoms with Crippen LogP contribution in [0.1, 0.15) is 0 Å². The van der Waals surface area contributed by atoms with E-state index in [1.165, 1.54) is 0 Å². The molecule has 62 valence electrons. The zero-order valence-corrected chi connectivity index (χ0v) is 10.4. The van der Waals surface area contributed by atoms with E-state index in [2.05, 4.69) is 19.6 Å². The van der Waals surface area contributed by atoms with Gasteiger partial charge in [-0.3, -0.25) is 0 Å². The van der Waals surface area contributed by atoms with Crippen molar-refractivity contribution in [2.45, 2.75) is 24.9 Å². The van der Waals surface area contributed by atoms with Crippen LogP contribution >= 0.6 is 0 Å². The van der Waals surface area contributed by atoms with E-state index in [1.54, 1.807) is 6.26 Å². The topological polar surface area (TPSA) is 26.3 Å². The fraction of sp³-hybridized carbons (Fsp3) is 0.571. The summed E-state index contributed by atoms with van der Waals surface area (Å²) in [6, 6.07) is 0. The van der Waals surface area contributed by atoms with E-state index in [0.29, 0.717) is 0 Å². The van der Waals surface area contributed by atoms with Crippen molar-refractivity contribution in [3.05, 3.63) is 12.3 Å².